The molecule has 0 spiro atoms. The third-order valence-electron chi connectivity index (χ3n) is 4.14. The molecule has 26 heavy (non-hydrogen) atoms. The van der Waals surface area contributed by atoms with Crippen LogP contribution in [0.4, 0.5) is 5.69 Å². The van der Waals surface area contributed by atoms with Crippen molar-refractivity contribution in [1.29, 1.82) is 0 Å². The molecule has 0 fully saturated rings. The Morgan fingerprint density at radius 1 is 0.885 bits per heavy atom. The first kappa shape index (κ1) is 18.1. The van der Waals surface area contributed by atoms with Crippen molar-refractivity contribution >= 4 is 15.7 Å². The van der Waals surface area contributed by atoms with Gasteiger partial charge in [0.25, 0.3) is 0 Å². The number of hydrogen-bond donors (Lipinski definition) is 0. The largest absolute Gasteiger partial charge is 0.265 e. The summed E-state index contributed by atoms with van der Waals surface area (Å²) >= 11 is 0. The van der Waals surface area contributed by atoms with Crippen molar-refractivity contribution in [3.05, 3.63) is 95.3 Å². The van der Waals surface area contributed by atoms with Crippen LogP contribution in [0.5, 0.6) is 0 Å². The van der Waals surface area contributed by atoms with Crippen LogP contribution in [-0.2, 0) is 22.3 Å². The molecule has 5 heteroatoms. The Balaban J connectivity index is 1.96. The van der Waals surface area contributed by atoms with Gasteiger partial charge >= 0.3 is 0 Å². The van der Waals surface area contributed by atoms with Crippen LogP contribution in [-0.4, -0.2) is 13.4 Å². The van der Waals surface area contributed by atoms with E-state index in [-0.39, 0.29) is 12.3 Å². The van der Waals surface area contributed by atoms with E-state index in [1.165, 1.54) is 4.31 Å². The molecule has 0 saturated carbocycles. The minimum Gasteiger partial charge on any atom is -0.265 e. The van der Waals surface area contributed by atoms with Gasteiger partial charge in [-0.1, -0.05) is 53.6 Å². The van der Waals surface area contributed by atoms with Gasteiger partial charge in [-0.05, 0) is 43.2 Å². The topological polar surface area (TPSA) is 50.3 Å². The van der Waals surface area contributed by atoms with Gasteiger partial charge < -0.3 is 0 Å². The molecular formula is C21H22N2O2S. The van der Waals surface area contributed by atoms with E-state index in [1.807, 2.05) is 74.5 Å². The molecule has 0 atom stereocenters. The lowest BCUT2D eigenvalue weighted by Crippen LogP contribution is -2.31. The molecule has 0 bridgehead atoms. The maximum Gasteiger partial charge on any atom is 0.239 e. The molecule has 1 aromatic heterocycles. The summed E-state index contributed by atoms with van der Waals surface area (Å²) < 4.78 is 27.9. The van der Waals surface area contributed by atoms with Crippen molar-refractivity contribution in [1.82, 2.24) is 4.98 Å². The second-order valence-electron chi connectivity index (χ2n) is 6.45. The Morgan fingerprint density at radius 3 is 2.27 bits per heavy atom. The van der Waals surface area contributed by atoms with Crippen molar-refractivity contribution in [2.75, 3.05) is 4.31 Å². The van der Waals surface area contributed by atoms with Gasteiger partial charge in [-0.2, -0.15) is 0 Å². The fourth-order valence-electron chi connectivity index (χ4n) is 2.81. The van der Waals surface area contributed by atoms with Gasteiger partial charge in [-0.3, -0.25) is 9.29 Å². The van der Waals surface area contributed by atoms with Gasteiger partial charge in [0.1, 0.15) is 0 Å². The highest BCUT2D eigenvalue weighted by Gasteiger charge is 2.23. The SMILES string of the molecule is Cc1ccc(N(Cc2cccnc2)S(=O)(=O)Cc2cccc(C)c2)cc1. The highest BCUT2D eigenvalue weighted by atomic mass is 32.2. The van der Waals surface area contributed by atoms with Crippen LogP contribution in [0.2, 0.25) is 0 Å². The Kier molecular flexibility index (Phi) is 5.38. The second-order valence-corrected chi connectivity index (χ2v) is 8.34. The lowest BCUT2D eigenvalue weighted by Gasteiger charge is -2.25. The first-order valence-corrected chi connectivity index (χ1v) is 10.1. The normalized spacial score (nSPS) is 11.3. The first-order chi connectivity index (χ1) is 12.4. The van der Waals surface area contributed by atoms with Gasteiger partial charge in [0.15, 0.2) is 0 Å². The third kappa shape index (κ3) is 4.49. The summed E-state index contributed by atoms with van der Waals surface area (Å²) in [5.74, 6) is -0.0389. The van der Waals surface area contributed by atoms with E-state index < -0.39 is 10.0 Å². The van der Waals surface area contributed by atoms with Crippen LogP contribution in [0.25, 0.3) is 0 Å². The number of sulfonamides is 1. The molecule has 3 rings (SSSR count). The fraction of sp³-hybridized carbons (Fsp3) is 0.190. The van der Waals surface area contributed by atoms with Crippen LogP contribution in [0.1, 0.15) is 22.3 Å². The molecule has 0 aliphatic heterocycles. The molecule has 1 heterocycles. The highest BCUT2D eigenvalue weighted by molar-refractivity contribution is 7.92. The van der Waals surface area contributed by atoms with E-state index in [9.17, 15) is 8.42 Å². The molecule has 2 aromatic carbocycles. The summed E-state index contributed by atoms with van der Waals surface area (Å²) in [4.78, 5) is 4.10. The minimum absolute atomic E-state index is 0.0389. The van der Waals surface area contributed by atoms with Crippen molar-refractivity contribution in [2.24, 2.45) is 0 Å². The molecule has 3 aromatic rings. The Bertz CT molecular complexity index is 968. The first-order valence-electron chi connectivity index (χ1n) is 8.45. The maximum atomic E-state index is 13.2. The van der Waals surface area contributed by atoms with Crippen molar-refractivity contribution in [3.63, 3.8) is 0 Å². The summed E-state index contributed by atoms with van der Waals surface area (Å²) in [5, 5.41) is 0. The second kappa shape index (κ2) is 7.70. The lowest BCUT2D eigenvalue weighted by molar-refractivity contribution is 0.589. The fourth-order valence-corrected chi connectivity index (χ4v) is 4.35. The van der Waals surface area contributed by atoms with E-state index in [1.54, 1.807) is 12.4 Å². The third-order valence-corrected chi connectivity index (χ3v) is 5.85. The van der Waals surface area contributed by atoms with Crippen LogP contribution >= 0.6 is 0 Å². The van der Waals surface area contributed by atoms with Crippen LogP contribution in [0, 0.1) is 13.8 Å². The summed E-state index contributed by atoms with van der Waals surface area (Å²) in [5.41, 5.74) is 4.43. The van der Waals surface area contributed by atoms with Crippen molar-refractivity contribution in [3.8, 4) is 0 Å². The summed E-state index contributed by atoms with van der Waals surface area (Å²) in [6.07, 6.45) is 3.38. The summed E-state index contributed by atoms with van der Waals surface area (Å²) in [6.45, 7) is 4.20. The van der Waals surface area contributed by atoms with E-state index in [0.29, 0.717) is 5.69 Å². The molecule has 0 aliphatic rings. The molecule has 4 nitrogen and oxygen atoms in total. The lowest BCUT2D eigenvalue weighted by atomic mass is 10.2. The standard InChI is InChI=1S/C21H22N2O2S/c1-17-8-10-21(11-9-17)23(15-20-7-4-12-22-14-20)26(24,25)16-19-6-3-5-18(2)13-19/h3-14H,15-16H2,1-2H3. The number of hydrogen-bond acceptors (Lipinski definition) is 3. The van der Waals surface area contributed by atoms with Crippen molar-refractivity contribution < 1.29 is 8.42 Å². The molecule has 0 radical (unpaired) electrons. The summed E-state index contributed by atoms with van der Waals surface area (Å²) in [7, 11) is -3.55. The molecular weight excluding hydrogens is 344 g/mol. The van der Waals surface area contributed by atoms with Gasteiger partial charge in [0.05, 0.1) is 18.0 Å². The van der Waals surface area contributed by atoms with Gasteiger partial charge in [0, 0.05) is 12.4 Å². The predicted molar refractivity (Wildman–Crippen MR) is 105 cm³/mol. The molecule has 0 aliphatic carbocycles. The molecule has 0 amide bonds. The monoisotopic (exact) mass is 366 g/mol. The van der Waals surface area contributed by atoms with Crippen LogP contribution < -0.4 is 4.31 Å². The molecule has 134 valence electrons. The minimum atomic E-state index is -3.55. The van der Waals surface area contributed by atoms with E-state index in [2.05, 4.69) is 4.98 Å². The molecule has 0 saturated heterocycles. The van der Waals surface area contributed by atoms with Gasteiger partial charge in [0.2, 0.25) is 10.0 Å². The Hall–Kier alpha value is -2.66. The average Bonchev–Trinajstić information content (AvgIpc) is 2.61. The number of anilines is 1. The number of nitrogens with zero attached hydrogens (tertiary/aromatic N) is 2. The smallest absolute Gasteiger partial charge is 0.239 e. The van der Waals surface area contributed by atoms with Crippen LogP contribution in [0.15, 0.2) is 73.1 Å². The Labute approximate surface area is 155 Å². The zero-order valence-corrected chi connectivity index (χ0v) is 15.8. The average molecular weight is 366 g/mol. The number of benzene rings is 2. The van der Waals surface area contributed by atoms with E-state index in [0.717, 1.165) is 22.3 Å². The van der Waals surface area contributed by atoms with E-state index in [4.69, 9.17) is 0 Å². The van der Waals surface area contributed by atoms with Gasteiger partial charge in [-0.15, -0.1) is 0 Å². The number of pyridine rings is 1. The number of aryl methyl sites for hydroxylation is 2. The zero-order valence-electron chi connectivity index (χ0n) is 15.0. The molecule has 0 N–H and O–H groups in total. The zero-order chi connectivity index (χ0) is 18.6. The maximum absolute atomic E-state index is 13.2. The van der Waals surface area contributed by atoms with Crippen LogP contribution in [0.3, 0.4) is 0 Å². The van der Waals surface area contributed by atoms with E-state index >= 15 is 0 Å². The Morgan fingerprint density at radius 2 is 1.62 bits per heavy atom. The molecule has 0 unspecified atom stereocenters. The van der Waals surface area contributed by atoms with Gasteiger partial charge in [-0.25, -0.2) is 8.42 Å². The number of rotatable bonds is 6. The quantitative estimate of drug-likeness (QED) is 0.656. The number of aromatic nitrogens is 1. The predicted octanol–water partition coefficient (Wildman–Crippen LogP) is 4.24. The van der Waals surface area contributed by atoms with Crippen molar-refractivity contribution in [2.45, 2.75) is 26.1 Å². The summed E-state index contributed by atoms with van der Waals surface area (Å²) in [6, 6.07) is 18.9. The highest BCUT2D eigenvalue weighted by Crippen LogP contribution is 2.24.